The van der Waals surface area contributed by atoms with Crippen LogP contribution in [0.4, 0.5) is 5.82 Å². The first kappa shape index (κ1) is 14.8. The molecule has 0 amide bonds. The van der Waals surface area contributed by atoms with Crippen molar-refractivity contribution in [3.8, 4) is 0 Å². The van der Waals surface area contributed by atoms with E-state index >= 15 is 0 Å². The highest BCUT2D eigenvalue weighted by Crippen LogP contribution is 2.28. The minimum Gasteiger partial charge on any atom is -0.480 e. The summed E-state index contributed by atoms with van der Waals surface area (Å²) in [5.74, 6) is 0.979. The van der Waals surface area contributed by atoms with E-state index in [0.717, 1.165) is 30.2 Å². The van der Waals surface area contributed by atoms with E-state index in [1.807, 2.05) is 17.9 Å². The smallest absolute Gasteiger partial charge is 0.323 e. The predicted octanol–water partition coefficient (Wildman–Crippen LogP) is 2.74. The van der Waals surface area contributed by atoms with E-state index in [1.54, 1.807) is 0 Å². The second-order valence-electron chi connectivity index (χ2n) is 5.84. The molecule has 110 valence electrons. The lowest BCUT2D eigenvalue weighted by Crippen LogP contribution is -2.38. The monoisotopic (exact) mass is 277 g/mol. The molecule has 1 N–H and O–H groups in total. The Morgan fingerprint density at radius 2 is 2.05 bits per heavy atom. The first-order valence-electron chi connectivity index (χ1n) is 7.31. The van der Waals surface area contributed by atoms with Crippen molar-refractivity contribution < 1.29 is 9.90 Å². The van der Waals surface area contributed by atoms with E-state index in [9.17, 15) is 4.79 Å². The van der Waals surface area contributed by atoms with Crippen LogP contribution in [0.25, 0.3) is 0 Å². The van der Waals surface area contributed by atoms with Crippen LogP contribution in [0.3, 0.4) is 0 Å². The molecular weight excluding hydrogens is 254 g/mol. The van der Waals surface area contributed by atoms with Crippen LogP contribution in [0.2, 0.25) is 0 Å². The zero-order chi connectivity index (χ0) is 14.7. The normalized spacial score (nSPS) is 15.8. The average molecular weight is 277 g/mol. The first-order chi connectivity index (χ1) is 9.47. The van der Waals surface area contributed by atoms with Crippen molar-refractivity contribution >= 4 is 11.8 Å². The van der Waals surface area contributed by atoms with Gasteiger partial charge < -0.3 is 10.0 Å². The Labute approximate surface area is 120 Å². The molecule has 0 aliphatic heterocycles. The van der Waals surface area contributed by atoms with Crippen LogP contribution in [-0.2, 0) is 4.79 Å². The first-order valence-corrected chi connectivity index (χ1v) is 7.31. The van der Waals surface area contributed by atoms with Crippen LogP contribution in [0.5, 0.6) is 0 Å². The number of rotatable bonds is 5. The van der Waals surface area contributed by atoms with Crippen LogP contribution >= 0.6 is 0 Å². The molecule has 0 bridgehead atoms. The van der Waals surface area contributed by atoms with Gasteiger partial charge in [0.1, 0.15) is 18.2 Å². The van der Waals surface area contributed by atoms with Gasteiger partial charge >= 0.3 is 5.97 Å². The van der Waals surface area contributed by atoms with Gasteiger partial charge in [-0.05, 0) is 19.8 Å². The Balaban J connectivity index is 2.34. The summed E-state index contributed by atoms with van der Waals surface area (Å²) in [4.78, 5) is 22.1. The Bertz CT molecular complexity index is 482. The third-order valence-electron chi connectivity index (χ3n) is 3.74. The van der Waals surface area contributed by atoms with Crippen LogP contribution in [-0.4, -0.2) is 33.6 Å². The number of aryl methyl sites for hydroxylation is 1. The Morgan fingerprint density at radius 1 is 1.40 bits per heavy atom. The van der Waals surface area contributed by atoms with Gasteiger partial charge in [0.2, 0.25) is 0 Å². The largest absolute Gasteiger partial charge is 0.480 e. The van der Waals surface area contributed by atoms with E-state index in [2.05, 4.69) is 23.8 Å². The summed E-state index contributed by atoms with van der Waals surface area (Å²) in [5.41, 5.74) is 0.895. The maximum Gasteiger partial charge on any atom is 0.323 e. The van der Waals surface area contributed by atoms with Gasteiger partial charge in [-0.15, -0.1) is 0 Å². The fourth-order valence-electron chi connectivity index (χ4n) is 2.74. The molecule has 0 saturated heterocycles. The molecule has 5 nitrogen and oxygen atoms in total. The fourth-order valence-corrected chi connectivity index (χ4v) is 2.74. The molecule has 0 spiro atoms. The minimum atomic E-state index is -0.806. The minimum absolute atomic E-state index is 0.0126. The summed E-state index contributed by atoms with van der Waals surface area (Å²) in [6, 6.07) is 2.19. The van der Waals surface area contributed by atoms with Gasteiger partial charge in [-0.2, -0.15) is 0 Å². The number of hydrogen-bond acceptors (Lipinski definition) is 4. The highest BCUT2D eigenvalue weighted by Gasteiger charge is 2.26. The SMILES string of the molecule is Cc1cc(N(CC(=O)O)C2CCCC2)nc(C(C)C)n1. The fraction of sp³-hybridized carbons (Fsp3) is 0.667. The summed E-state index contributed by atoms with van der Waals surface area (Å²) >= 11 is 0. The molecule has 5 heteroatoms. The van der Waals surface area contributed by atoms with E-state index in [0.29, 0.717) is 6.04 Å². The Morgan fingerprint density at radius 3 is 2.60 bits per heavy atom. The Hall–Kier alpha value is -1.65. The highest BCUT2D eigenvalue weighted by molar-refractivity contribution is 5.73. The van der Waals surface area contributed by atoms with E-state index < -0.39 is 5.97 Å². The molecule has 0 radical (unpaired) electrons. The van der Waals surface area contributed by atoms with Crippen molar-refractivity contribution in [2.45, 2.75) is 58.4 Å². The lowest BCUT2D eigenvalue weighted by Gasteiger charge is -2.29. The Kier molecular flexibility index (Phi) is 4.57. The molecule has 1 aromatic rings. The number of hydrogen-bond donors (Lipinski definition) is 1. The van der Waals surface area contributed by atoms with E-state index in [1.165, 1.54) is 12.8 Å². The second kappa shape index (κ2) is 6.20. The van der Waals surface area contributed by atoms with Gasteiger partial charge in [0, 0.05) is 23.7 Å². The topological polar surface area (TPSA) is 66.3 Å². The number of nitrogens with zero attached hydrogens (tertiary/aromatic N) is 3. The second-order valence-corrected chi connectivity index (χ2v) is 5.84. The number of aliphatic carboxylic acids is 1. The number of anilines is 1. The molecule has 1 aliphatic carbocycles. The van der Waals surface area contributed by atoms with Crippen molar-refractivity contribution in [3.05, 3.63) is 17.6 Å². The van der Waals surface area contributed by atoms with Crippen molar-refractivity contribution in [2.24, 2.45) is 0 Å². The lowest BCUT2D eigenvalue weighted by molar-refractivity contribution is -0.135. The van der Waals surface area contributed by atoms with Gasteiger partial charge in [-0.3, -0.25) is 4.79 Å². The van der Waals surface area contributed by atoms with Gasteiger partial charge in [0.25, 0.3) is 0 Å². The maximum atomic E-state index is 11.2. The van der Waals surface area contributed by atoms with Gasteiger partial charge in [-0.25, -0.2) is 9.97 Å². The number of carbonyl (C=O) groups is 1. The van der Waals surface area contributed by atoms with Crippen molar-refractivity contribution in [2.75, 3.05) is 11.4 Å². The molecule has 20 heavy (non-hydrogen) atoms. The van der Waals surface area contributed by atoms with Gasteiger partial charge in [-0.1, -0.05) is 26.7 Å². The molecule has 1 aromatic heterocycles. The average Bonchev–Trinajstić information content (AvgIpc) is 2.88. The van der Waals surface area contributed by atoms with Gasteiger partial charge in [0.15, 0.2) is 0 Å². The zero-order valence-corrected chi connectivity index (χ0v) is 12.5. The number of carboxylic acid groups (broad SMARTS) is 1. The van der Waals surface area contributed by atoms with Gasteiger partial charge in [0.05, 0.1) is 0 Å². The maximum absolute atomic E-state index is 11.2. The number of aromatic nitrogens is 2. The molecule has 0 unspecified atom stereocenters. The number of carboxylic acids is 1. The quantitative estimate of drug-likeness (QED) is 0.896. The van der Waals surface area contributed by atoms with Crippen molar-refractivity contribution in [3.63, 3.8) is 0 Å². The van der Waals surface area contributed by atoms with Crippen LogP contribution < -0.4 is 4.90 Å². The lowest BCUT2D eigenvalue weighted by atomic mass is 10.2. The highest BCUT2D eigenvalue weighted by atomic mass is 16.4. The molecule has 0 aromatic carbocycles. The van der Waals surface area contributed by atoms with E-state index in [4.69, 9.17) is 5.11 Å². The molecule has 1 fully saturated rings. The third-order valence-corrected chi connectivity index (χ3v) is 3.74. The molecule has 2 rings (SSSR count). The molecule has 1 heterocycles. The van der Waals surface area contributed by atoms with Crippen molar-refractivity contribution in [1.82, 2.24) is 9.97 Å². The van der Waals surface area contributed by atoms with E-state index in [-0.39, 0.29) is 12.5 Å². The molecule has 1 aliphatic rings. The summed E-state index contributed by atoms with van der Waals surface area (Å²) in [6.45, 7) is 6.05. The molecule has 0 atom stereocenters. The van der Waals surface area contributed by atoms with Crippen LogP contribution in [0.1, 0.15) is 57.0 Å². The van der Waals surface area contributed by atoms with Crippen molar-refractivity contribution in [1.29, 1.82) is 0 Å². The standard InChI is InChI=1S/C15H23N3O2/c1-10(2)15-16-11(3)8-13(17-15)18(9-14(19)20)12-6-4-5-7-12/h8,10,12H,4-7,9H2,1-3H3,(H,19,20). The third kappa shape index (κ3) is 3.46. The molecule has 1 saturated carbocycles. The van der Waals surface area contributed by atoms with Crippen LogP contribution in [0, 0.1) is 6.92 Å². The summed E-state index contributed by atoms with van der Waals surface area (Å²) < 4.78 is 0. The summed E-state index contributed by atoms with van der Waals surface area (Å²) in [6.07, 6.45) is 4.43. The zero-order valence-electron chi connectivity index (χ0n) is 12.5. The van der Waals surface area contributed by atoms with Crippen LogP contribution in [0.15, 0.2) is 6.07 Å². The predicted molar refractivity (Wildman–Crippen MR) is 78.1 cm³/mol. The summed E-state index contributed by atoms with van der Waals surface area (Å²) in [7, 11) is 0. The molecular formula is C15H23N3O2. The summed E-state index contributed by atoms with van der Waals surface area (Å²) in [5, 5.41) is 9.17.